The maximum Gasteiger partial charge on any atom is 0.527 e. The summed E-state index contributed by atoms with van der Waals surface area (Å²) in [4.78, 5) is 57.2. The molecule has 19 atom stereocenters. The van der Waals surface area contributed by atoms with E-state index in [1.54, 1.807) is 18.2 Å². The maximum atomic E-state index is 14.1. The number of carbonyl (C=O) groups excluding carboxylic acids is 3. The van der Waals surface area contributed by atoms with E-state index in [1.165, 1.54) is 5.56 Å². The monoisotopic (exact) mass is 1050 g/mol. The van der Waals surface area contributed by atoms with Crippen molar-refractivity contribution >= 4 is 25.4 Å². The molecule has 4 saturated carbocycles. The smallest absolute Gasteiger partial charge is 0.477 e. The van der Waals surface area contributed by atoms with Crippen LogP contribution in [0.5, 0.6) is 23.0 Å². The van der Waals surface area contributed by atoms with Crippen LogP contribution >= 0.6 is 7.82 Å². The van der Waals surface area contributed by atoms with Gasteiger partial charge < -0.3 is 23.8 Å². The molecule has 12 aliphatic rings. The molecule has 13 nitrogen and oxygen atoms in total. The second kappa shape index (κ2) is 17.6. The summed E-state index contributed by atoms with van der Waals surface area (Å²) in [6.45, 7) is 18.4. The number of aliphatic hydroxyl groups excluding tert-OH is 1. The Bertz CT molecular complexity index is 2950. The number of fused-ring (bicyclic) bond motifs is 5. The number of phosphoric ester groups is 1. The second-order valence-corrected chi connectivity index (χ2v) is 27.5. The molecule has 0 radical (unpaired) electrons. The molecular formula is C62H75N2O11P. The van der Waals surface area contributed by atoms with Gasteiger partial charge in [-0.05, 0) is 178 Å². The first-order valence-electron chi connectivity index (χ1n) is 28.9. The number of aliphatic hydroxyl groups is 1. The third-order valence-corrected chi connectivity index (χ3v) is 24.3. The lowest BCUT2D eigenvalue weighted by Gasteiger charge is -2.62. The minimum absolute atomic E-state index is 0.0154. The van der Waals surface area contributed by atoms with Gasteiger partial charge in [0, 0.05) is 54.6 Å². The van der Waals surface area contributed by atoms with Crippen molar-refractivity contribution in [3.05, 3.63) is 96.1 Å². The molecule has 404 valence electrons. The summed E-state index contributed by atoms with van der Waals surface area (Å²) in [5.74, 6) is 3.05. The average molecular weight is 1060 g/mol. The average Bonchev–Trinajstić information content (AvgIpc) is 4.03. The molecule has 4 heterocycles. The van der Waals surface area contributed by atoms with Gasteiger partial charge >= 0.3 is 13.8 Å². The number of rotatable bonds is 13. The molecule has 14 rings (SSSR count). The molecule has 8 aliphatic carbocycles. The normalized spacial score (nSPS) is 42.7. The standard InChI is InChI=1S/C62H75N2O11P/c1-6-26-63-28-24-61-40-13-15-46(65)57(61)72-55-49(17-9-35(53(55)61)30-44(40)63)71-51(68)19-8-34(3)39-11-12-42-52-43(21-23-60(39,42)5)59(4)22-20-38(32-37(59)33-48(52)67)74-76(69,70)75-50-18-10-36-31-45-41-14-16-47(66)58-62(41,54(36)56(50)73-58)25-29-64(45)27-7-2/h6-7,9-10,13-18,34,37-45,48,52,57-58,67H,1-2,8,11-12,19-33H2,3-5H3,(H,69,70)/t34-,37+,38-,39-,40+,41+,42+,43+,44-,45-,48-,52+,57+,58+,59+,60-,61?,62?/m1/s1. The van der Waals surface area contributed by atoms with Crippen molar-refractivity contribution in [1.29, 1.82) is 0 Å². The lowest BCUT2D eigenvalue weighted by atomic mass is 9.43. The maximum absolute atomic E-state index is 14.1. The number of benzene rings is 2. The fourth-order valence-corrected chi connectivity index (χ4v) is 21.2. The van der Waals surface area contributed by atoms with Crippen LogP contribution in [0.1, 0.15) is 120 Å². The number of hydrogen-bond donors (Lipinski definition) is 2. The third kappa shape index (κ3) is 6.93. The van der Waals surface area contributed by atoms with E-state index < -0.39 is 43.1 Å². The molecule has 4 bridgehead atoms. The highest BCUT2D eigenvalue weighted by Gasteiger charge is 2.68. The fourth-order valence-electron chi connectivity index (χ4n) is 20.2. The lowest BCUT2D eigenvalue weighted by molar-refractivity contribution is -0.173. The van der Waals surface area contributed by atoms with Crippen LogP contribution in [0, 0.1) is 58.2 Å². The molecule has 3 unspecified atom stereocenters. The van der Waals surface area contributed by atoms with Gasteiger partial charge in [0.15, 0.2) is 46.8 Å². The Morgan fingerprint density at radius 3 is 2.00 bits per heavy atom. The Morgan fingerprint density at radius 1 is 0.803 bits per heavy atom. The first-order valence-corrected chi connectivity index (χ1v) is 30.4. The third-order valence-electron chi connectivity index (χ3n) is 23.3. The molecule has 0 aromatic heterocycles. The van der Waals surface area contributed by atoms with E-state index in [4.69, 9.17) is 23.3 Å². The van der Waals surface area contributed by atoms with E-state index in [1.807, 2.05) is 24.3 Å². The fraction of sp³-hybridized carbons (Fsp3) is 0.629. The number of likely N-dealkylation sites (tertiary alicyclic amines) is 2. The van der Waals surface area contributed by atoms with E-state index >= 15 is 0 Å². The summed E-state index contributed by atoms with van der Waals surface area (Å²) < 4.78 is 45.5. The zero-order valence-electron chi connectivity index (χ0n) is 44.4. The molecule has 2 aromatic carbocycles. The SMILES string of the molecule is C=CCN1CCC23c4c5ccc(OC(=O)CC[C@@H](C)[C@H]6CC[C@H]7[C@@H]8[C@H](O)C[C@@H]9C[C@H](OP(=O)(O)Oc%10ccc%11c%12c%10O[C@H]%10C(=O)C=C[C@H]%13[C@@H](C%11)N(CC=C)CCC%12%10%13)CC[C@]9(C)[C@H]8CC[C@]67C)c4O[C@H]2C(=O)C=C[C@H]3[C@H]1C5. The van der Waals surface area contributed by atoms with Gasteiger partial charge in [-0.3, -0.25) is 33.6 Å². The van der Waals surface area contributed by atoms with Gasteiger partial charge in [0.2, 0.25) is 0 Å². The van der Waals surface area contributed by atoms with Gasteiger partial charge in [-0.2, -0.15) is 0 Å². The molecule has 2 saturated heterocycles. The van der Waals surface area contributed by atoms with E-state index in [0.29, 0.717) is 60.7 Å². The summed E-state index contributed by atoms with van der Waals surface area (Å²) in [6, 6.07) is 8.10. The van der Waals surface area contributed by atoms with Crippen molar-refractivity contribution < 1.29 is 52.2 Å². The van der Waals surface area contributed by atoms with E-state index in [2.05, 4.69) is 61.9 Å². The van der Waals surface area contributed by atoms with Crippen molar-refractivity contribution in [2.24, 2.45) is 58.2 Å². The Morgan fingerprint density at radius 2 is 1.38 bits per heavy atom. The number of ketones is 2. The second-order valence-electron chi connectivity index (χ2n) is 26.2. The van der Waals surface area contributed by atoms with Crippen LogP contribution in [0.3, 0.4) is 0 Å². The van der Waals surface area contributed by atoms with Gasteiger partial charge in [0.05, 0.1) is 23.0 Å². The number of phosphoric acid groups is 1. The van der Waals surface area contributed by atoms with Crippen LogP contribution in [0.2, 0.25) is 0 Å². The highest BCUT2D eigenvalue weighted by molar-refractivity contribution is 7.47. The highest BCUT2D eigenvalue weighted by Crippen LogP contribution is 2.70. The number of ether oxygens (including phenoxy) is 3. The molecule has 4 aliphatic heterocycles. The van der Waals surface area contributed by atoms with Gasteiger partial charge in [0.25, 0.3) is 0 Å². The van der Waals surface area contributed by atoms with E-state index in [9.17, 15) is 28.9 Å². The lowest BCUT2D eigenvalue weighted by Crippen LogP contribution is -2.64. The number of nitrogens with zero attached hydrogens (tertiary/aromatic N) is 2. The van der Waals surface area contributed by atoms with Crippen molar-refractivity contribution in [1.82, 2.24) is 9.80 Å². The van der Waals surface area contributed by atoms with Crippen LogP contribution in [0.15, 0.2) is 73.9 Å². The quantitative estimate of drug-likeness (QED) is 0.0846. The molecule has 2 aromatic rings. The predicted molar refractivity (Wildman–Crippen MR) is 284 cm³/mol. The van der Waals surface area contributed by atoms with Crippen LogP contribution in [-0.2, 0) is 47.1 Å². The highest BCUT2D eigenvalue weighted by atomic mass is 31.2. The molecule has 2 N–H and O–H groups in total. The summed E-state index contributed by atoms with van der Waals surface area (Å²) in [5.41, 5.74) is 3.28. The van der Waals surface area contributed by atoms with Crippen molar-refractivity contribution in [2.75, 3.05) is 26.2 Å². The van der Waals surface area contributed by atoms with Crippen molar-refractivity contribution in [2.45, 2.75) is 158 Å². The largest absolute Gasteiger partial charge is 0.527 e. The number of carbonyl (C=O) groups is 3. The summed E-state index contributed by atoms with van der Waals surface area (Å²) in [6.07, 6.45) is 20.1. The first kappa shape index (κ1) is 49.9. The Hall–Kier alpha value is -4.36. The van der Waals surface area contributed by atoms with Crippen LogP contribution in [0.25, 0.3) is 0 Å². The van der Waals surface area contributed by atoms with Gasteiger partial charge in [0.1, 0.15) is 0 Å². The van der Waals surface area contributed by atoms with Gasteiger partial charge in [-0.1, -0.05) is 57.2 Å². The number of piperidine rings is 2. The van der Waals surface area contributed by atoms with Crippen molar-refractivity contribution in [3.8, 4) is 23.0 Å². The molecular weight excluding hydrogens is 980 g/mol. The predicted octanol–water partition coefficient (Wildman–Crippen LogP) is 9.34. The Kier molecular flexibility index (Phi) is 11.5. The zero-order chi connectivity index (χ0) is 52.4. The summed E-state index contributed by atoms with van der Waals surface area (Å²) in [7, 11) is -4.65. The molecule has 2 spiro atoms. The van der Waals surface area contributed by atoms with Gasteiger partial charge in [-0.15, -0.1) is 13.2 Å². The van der Waals surface area contributed by atoms with E-state index in [0.717, 1.165) is 101 Å². The van der Waals surface area contributed by atoms with E-state index in [-0.39, 0.29) is 82.2 Å². The Balaban J connectivity index is 0.618. The number of hydrogen-bond acceptors (Lipinski definition) is 12. The van der Waals surface area contributed by atoms with Gasteiger partial charge in [-0.25, -0.2) is 4.57 Å². The van der Waals surface area contributed by atoms with Crippen LogP contribution in [-0.4, -0.2) is 100 Å². The van der Waals surface area contributed by atoms with Crippen LogP contribution in [0.4, 0.5) is 0 Å². The molecule has 0 amide bonds. The summed E-state index contributed by atoms with van der Waals surface area (Å²) in [5, 5.41) is 12.3. The molecule has 76 heavy (non-hydrogen) atoms. The molecule has 14 heteroatoms. The minimum atomic E-state index is -4.65. The first-order chi connectivity index (χ1) is 36.5. The zero-order valence-corrected chi connectivity index (χ0v) is 45.3. The minimum Gasteiger partial charge on any atom is -0.477 e. The molecule has 6 fully saturated rings. The topological polar surface area (TPSA) is 161 Å². The number of esters is 1. The Labute approximate surface area is 447 Å². The van der Waals surface area contributed by atoms with Crippen LogP contribution < -0.4 is 18.7 Å². The van der Waals surface area contributed by atoms with Crippen molar-refractivity contribution in [3.63, 3.8) is 0 Å². The summed E-state index contributed by atoms with van der Waals surface area (Å²) >= 11 is 0.